The van der Waals surface area contributed by atoms with Gasteiger partial charge in [-0.2, -0.15) is 0 Å². The Labute approximate surface area is 249 Å². The smallest absolute Gasteiger partial charge is 0.326 e. The molecule has 0 saturated carbocycles. The molecule has 4 amide bonds. The first-order valence-corrected chi connectivity index (χ1v) is 14.1. The molecule has 2 rings (SSSR count). The molecule has 0 radical (unpaired) electrons. The topological polar surface area (TPSA) is 274 Å². The molecule has 5 unspecified atom stereocenters. The lowest BCUT2D eigenvalue weighted by Crippen LogP contribution is -2.58. The van der Waals surface area contributed by atoms with Crippen LogP contribution in [0.4, 0.5) is 0 Å². The summed E-state index contributed by atoms with van der Waals surface area (Å²) < 4.78 is 0. The second kappa shape index (κ2) is 16.7. The van der Waals surface area contributed by atoms with Gasteiger partial charge >= 0.3 is 5.97 Å². The third kappa shape index (κ3) is 10.9. The molecule has 0 spiro atoms. The number of carbonyl (C=O) groups excluding carboxylic acids is 4. The number of nitrogens with zero attached hydrogens (tertiary/aromatic N) is 1. The average Bonchev–Trinajstić information content (AvgIpc) is 3.37. The zero-order chi connectivity index (χ0) is 32.1. The van der Waals surface area contributed by atoms with E-state index in [1.54, 1.807) is 13.1 Å². The fraction of sp³-hybridized carbons (Fsp3) is 0.500. The van der Waals surface area contributed by atoms with Crippen molar-refractivity contribution in [3.8, 4) is 0 Å². The number of fused-ring (bicyclic) bond motifs is 1. The number of carboxylic acids is 1. The molecule has 0 bridgehead atoms. The van der Waals surface area contributed by atoms with Gasteiger partial charge in [0.25, 0.3) is 0 Å². The van der Waals surface area contributed by atoms with E-state index in [0.717, 1.165) is 10.9 Å². The minimum atomic E-state index is -1.27. The Morgan fingerprint density at radius 3 is 2.26 bits per heavy atom. The lowest BCUT2D eigenvalue weighted by Gasteiger charge is -2.28. The fourth-order valence-electron chi connectivity index (χ4n) is 4.42. The summed E-state index contributed by atoms with van der Waals surface area (Å²) in [7, 11) is 0. The molecular formula is C28H43N9O6. The zero-order valence-electron chi connectivity index (χ0n) is 24.5. The van der Waals surface area contributed by atoms with Crippen LogP contribution in [0.3, 0.4) is 0 Å². The van der Waals surface area contributed by atoms with Crippen LogP contribution in [0.25, 0.3) is 10.9 Å². The number of nitrogens with two attached hydrogens (primary N) is 4. The molecule has 1 aromatic carbocycles. The van der Waals surface area contributed by atoms with Crippen LogP contribution in [0.2, 0.25) is 0 Å². The third-order valence-electron chi connectivity index (χ3n) is 7.12. The van der Waals surface area contributed by atoms with E-state index in [-0.39, 0.29) is 44.1 Å². The first kappa shape index (κ1) is 34.5. The zero-order valence-corrected chi connectivity index (χ0v) is 24.5. The molecular weight excluding hydrogens is 558 g/mol. The van der Waals surface area contributed by atoms with E-state index in [1.807, 2.05) is 31.2 Å². The predicted molar refractivity (Wildman–Crippen MR) is 161 cm³/mol. The number of nitrogens with one attached hydrogen (secondary N) is 4. The van der Waals surface area contributed by atoms with Gasteiger partial charge in [-0.1, -0.05) is 38.5 Å². The molecule has 13 N–H and O–H groups in total. The Morgan fingerprint density at radius 2 is 1.63 bits per heavy atom. The number of benzene rings is 1. The molecule has 15 nitrogen and oxygen atoms in total. The molecule has 0 fully saturated rings. The minimum Gasteiger partial charge on any atom is -0.480 e. The minimum absolute atomic E-state index is 0.0128. The number of carboxylic acid groups (broad SMARTS) is 1. The highest BCUT2D eigenvalue weighted by atomic mass is 16.4. The van der Waals surface area contributed by atoms with Gasteiger partial charge in [-0.25, -0.2) is 4.79 Å². The number of aromatic amines is 1. The molecule has 0 aliphatic rings. The van der Waals surface area contributed by atoms with Crippen molar-refractivity contribution in [2.45, 2.75) is 76.5 Å². The van der Waals surface area contributed by atoms with Gasteiger partial charge in [0.05, 0.1) is 6.04 Å². The molecule has 0 aliphatic heterocycles. The number of hydrogen-bond acceptors (Lipinski definition) is 7. The van der Waals surface area contributed by atoms with Gasteiger partial charge in [-0.15, -0.1) is 0 Å². The van der Waals surface area contributed by atoms with E-state index >= 15 is 0 Å². The van der Waals surface area contributed by atoms with Crippen LogP contribution in [-0.2, 0) is 30.4 Å². The van der Waals surface area contributed by atoms with E-state index in [4.69, 9.17) is 22.9 Å². The number of aliphatic carboxylic acids is 1. The number of amides is 4. The van der Waals surface area contributed by atoms with Gasteiger partial charge in [0.2, 0.25) is 23.6 Å². The summed E-state index contributed by atoms with van der Waals surface area (Å²) in [4.78, 5) is 69.8. The van der Waals surface area contributed by atoms with Crippen molar-refractivity contribution < 1.29 is 29.1 Å². The number of rotatable bonds is 18. The summed E-state index contributed by atoms with van der Waals surface area (Å²) in [5.41, 5.74) is 23.3. The maximum atomic E-state index is 13.4. The Hall–Kier alpha value is -4.66. The van der Waals surface area contributed by atoms with E-state index in [9.17, 15) is 29.1 Å². The van der Waals surface area contributed by atoms with Crippen LogP contribution in [0.5, 0.6) is 0 Å². The molecule has 15 heteroatoms. The van der Waals surface area contributed by atoms with Gasteiger partial charge in [0.15, 0.2) is 5.96 Å². The SMILES string of the molecule is CCC(C)C(NC(=O)C(CCCN=C(N)N)NC(=O)C(N)CCC(N)=O)C(=O)NC(Cc1c[nH]c2ccccc12)C(=O)O. The highest BCUT2D eigenvalue weighted by Gasteiger charge is 2.33. The van der Waals surface area contributed by atoms with Crippen molar-refractivity contribution in [3.05, 3.63) is 36.0 Å². The fourth-order valence-corrected chi connectivity index (χ4v) is 4.42. The predicted octanol–water partition coefficient (Wildman–Crippen LogP) is -1.06. The van der Waals surface area contributed by atoms with E-state index < -0.39 is 53.8 Å². The third-order valence-corrected chi connectivity index (χ3v) is 7.12. The highest BCUT2D eigenvalue weighted by Crippen LogP contribution is 2.19. The monoisotopic (exact) mass is 601 g/mol. The lowest BCUT2D eigenvalue weighted by molar-refractivity contribution is -0.142. The molecule has 43 heavy (non-hydrogen) atoms. The quantitative estimate of drug-likeness (QED) is 0.0571. The van der Waals surface area contributed by atoms with E-state index in [1.165, 1.54) is 0 Å². The van der Waals surface area contributed by atoms with Crippen molar-refractivity contribution >= 4 is 46.5 Å². The molecule has 1 aromatic heterocycles. The Morgan fingerprint density at radius 1 is 0.953 bits per heavy atom. The van der Waals surface area contributed by atoms with Gasteiger partial charge in [0, 0.05) is 36.5 Å². The molecule has 0 saturated heterocycles. The van der Waals surface area contributed by atoms with Crippen LogP contribution in [0.1, 0.15) is 51.5 Å². The largest absolute Gasteiger partial charge is 0.480 e. The highest BCUT2D eigenvalue weighted by molar-refractivity contribution is 5.94. The van der Waals surface area contributed by atoms with Crippen LogP contribution < -0.4 is 38.9 Å². The Kier molecular flexibility index (Phi) is 13.4. The summed E-state index contributed by atoms with van der Waals surface area (Å²) in [6.45, 7) is 3.75. The summed E-state index contributed by atoms with van der Waals surface area (Å²) in [6.07, 6.45) is 2.47. The number of aliphatic imine (C=N–C) groups is 1. The standard InChI is InChI=1S/C28H43N9O6/c1-3-15(2)23(26(41)36-21(27(42)43)13-16-14-34-19-8-5-4-7-17(16)19)37-25(40)20(9-6-12-33-28(31)32)35-24(39)18(29)10-11-22(30)38/h4-5,7-8,14-15,18,20-21,23,34H,3,6,9-13,29H2,1-2H3,(H2,30,38)(H,35,39)(H,36,41)(H,37,40)(H,42,43)(H4,31,32,33). The Balaban J connectivity index is 2.20. The second-order valence-corrected chi connectivity index (χ2v) is 10.5. The number of para-hydroxylation sites is 1. The van der Waals surface area contributed by atoms with Gasteiger partial charge < -0.3 is 49.0 Å². The number of carbonyl (C=O) groups is 5. The molecule has 236 valence electrons. The van der Waals surface area contributed by atoms with Crippen LogP contribution in [0.15, 0.2) is 35.5 Å². The van der Waals surface area contributed by atoms with Crippen LogP contribution >= 0.6 is 0 Å². The second-order valence-electron chi connectivity index (χ2n) is 10.5. The number of hydrogen-bond donors (Lipinski definition) is 9. The van der Waals surface area contributed by atoms with Crippen LogP contribution in [0, 0.1) is 5.92 Å². The molecule has 2 aromatic rings. The van der Waals surface area contributed by atoms with Crippen molar-refractivity contribution in [2.75, 3.05) is 6.54 Å². The Bertz CT molecular complexity index is 1310. The normalized spacial score (nSPS) is 14.5. The van der Waals surface area contributed by atoms with Crippen molar-refractivity contribution in [2.24, 2.45) is 33.8 Å². The van der Waals surface area contributed by atoms with Crippen molar-refractivity contribution in [3.63, 3.8) is 0 Å². The maximum Gasteiger partial charge on any atom is 0.326 e. The summed E-state index contributed by atoms with van der Waals surface area (Å²) in [5.74, 6) is -4.42. The van der Waals surface area contributed by atoms with E-state index in [0.29, 0.717) is 18.4 Å². The summed E-state index contributed by atoms with van der Waals surface area (Å²) in [5, 5.41) is 18.5. The van der Waals surface area contributed by atoms with Gasteiger partial charge in [0.1, 0.15) is 18.1 Å². The maximum absolute atomic E-state index is 13.4. The van der Waals surface area contributed by atoms with E-state index in [2.05, 4.69) is 25.9 Å². The van der Waals surface area contributed by atoms with Crippen molar-refractivity contribution in [1.29, 1.82) is 0 Å². The first-order chi connectivity index (χ1) is 20.3. The number of guanidine groups is 1. The molecule has 1 heterocycles. The average molecular weight is 602 g/mol. The first-order valence-electron chi connectivity index (χ1n) is 14.1. The summed E-state index contributed by atoms with van der Waals surface area (Å²) >= 11 is 0. The lowest BCUT2D eigenvalue weighted by atomic mass is 9.96. The molecule has 0 aliphatic carbocycles. The van der Waals surface area contributed by atoms with Gasteiger partial charge in [-0.05, 0) is 36.8 Å². The number of H-pyrrole nitrogens is 1. The number of aromatic nitrogens is 1. The van der Waals surface area contributed by atoms with Crippen molar-refractivity contribution in [1.82, 2.24) is 20.9 Å². The number of primary amides is 1. The molecule has 5 atom stereocenters. The summed E-state index contributed by atoms with van der Waals surface area (Å²) in [6, 6.07) is 2.79. The van der Waals surface area contributed by atoms with Crippen LogP contribution in [-0.4, -0.2) is 76.4 Å². The van der Waals surface area contributed by atoms with Gasteiger partial charge in [-0.3, -0.25) is 24.2 Å².